The van der Waals surface area contributed by atoms with Crippen molar-refractivity contribution >= 4 is 11.3 Å². The number of halogens is 2. The van der Waals surface area contributed by atoms with Crippen molar-refractivity contribution in [2.75, 3.05) is 7.11 Å². The first-order valence-corrected chi connectivity index (χ1v) is 6.67. The van der Waals surface area contributed by atoms with Crippen LogP contribution in [-0.2, 0) is 6.42 Å². The van der Waals surface area contributed by atoms with Gasteiger partial charge < -0.3 is 4.74 Å². The van der Waals surface area contributed by atoms with Crippen molar-refractivity contribution in [1.29, 1.82) is 0 Å². The van der Waals surface area contributed by atoms with Crippen LogP contribution in [0.2, 0.25) is 0 Å². The van der Waals surface area contributed by atoms with Crippen LogP contribution in [0, 0.1) is 11.6 Å². The Morgan fingerprint density at radius 3 is 2.58 bits per heavy atom. The van der Waals surface area contributed by atoms with Crippen molar-refractivity contribution in [2.45, 2.75) is 26.2 Å². The Morgan fingerprint density at radius 1 is 1.26 bits per heavy atom. The van der Waals surface area contributed by atoms with E-state index in [-0.39, 0.29) is 12.2 Å². The van der Waals surface area contributed by atoms with Crippen LogP contribution < -0.4 is 4.74 Å². The van der Waals surface area contributed by atoms with E-state index in [0.29, 0.717) is 16.5 Å². The number of methoxy groups -OCH3 is 1. The molecule has 102 valence electrons. The second kappa shape index (κ2) is 5.61. The van der Waals surface area contributed by atoms with Crippen molar-refractivity contribution in [2.24, 2.45) is 0 Å². The van der Waals surface area contributed by atoms with Crippen LogP contribution in [0.5, 0.6) is 5.75 Å². The van der Waals surface area contributed by atoms with E-state index in [1.807, 2.05) is 13.8 Å². The zero-order valence-electron chi connectivity index (χ0n) is 10.9. The highest BCUT2D eigenvalue weighted by Crippen LogP contribution is 2.27. The fourth-order valence-electron chi connectivity index (χ4n) is 1.63. The molecule has 0 amide bonds. The van der Waals surface area contributed by atoms with Crippen molar-refractivity contribution < 1.29 is 13.5 Å². The number of ether oxygens (including phenoxy) is 1. The first kappa shape index (κ1) is 13.9. The zero-order valence-corrected chi connectivity index (χ0v) is 11.7. The number of hydrogen-bond donors (Lipinski definition) is 0. The summed E-state index contributed by atoms with van der Waals surface area (Å²) in [5.41, 5.74) is 0.352. The third-order valence-corrected chi connectivity index (χ3v) is 3.88. The molecular formula is C13H14F2N2OS. The molecule has 6 heteroatoms. The Kier molecular flexibility index (Phi) is 4.09. The molecule has 0 radical (unpaired) electrons. The van der Waals surface area contributed by atoms with E-state index in [1.54, 1.807) is 0 Å². The smallest absolute Gasteiger partial charge is 0.190 e. The van der Waals surface area contributed by atoms with Crippen molar-refractivity contribution in [1.82, 2.24) is 10.2 Å². The van der Waals surface area contributed by atoms with E-state index in [2.05, 4.69) is 10.2 Å². The molecule has 2 rings (SSSR count). The molecule has 1 aromatic carbocycles. The number of hydrogen-bond acceptors (Lipinski definition) is 4. The van der Waals surface area contributed by atoms with Crippen LogP contribution >= 0.6 is 11.3 Å². The van der Waals surface area contributed by atoms with E-state index in [1.165, 1.54) is 30.6 Å². The van der Waals surface area contributed by atoms with Crippen molar-refractivity contribution in [3.63, 3.8) is 0 Å². The van der Waals surface area contributed by atoms with E-state index in [4.69, 9.17) is 4.74 Å². The molecule has 0 spiro atoms. The Morgan fingerprint density at radius 2 is 2.00 bits per heavy atom. The lowest BCUT2D eigenvalue weighted by atomic mass is 10.1. The molecule has 1 heterocycles. The lowest BCUT2D eigenvalue weighted by Gasteiger charge is -2.07. The molecule has 3 nitrogen and oxygen atoms in total. The van der Waals surface area contributed by atoms with Gasteiger partial charge in [-0.3, -0.25) is 0 Å². The molecule has 0 aliphatic rings. The minimum Gasteiger partial charge on any atom is -0.491 e. The van der Waals surface area contributed by atoms with Gasteiger partial charge in [-0.15, -0.1) is 21.5 Å². The molecule has 1 aromatic heterocycles. The molecule has 0 aliphatic heterocycles. The quantitative estimate of drug-likeness (QED) is 0.861. The third kappa shape index (κ3) is 2.89. The zero-order chi connectivity index (χ0) is 14.0. The molecule has 0 atom stereocenters. The van der Waals surface area contributed by atoms with Crippen molar-refractivity contribution in [3.05, 3.63) is 39.3 Å². The van der Waals surface area contributed by atoms with Gasteiger partial charge in [0, 0.05) is 12.3 Å². The van der Waals surface area contributed by atoms with E-state index in [0.717, 1.165) is 5.01 Å². The van der Waals surface area contributed by atoms with Crippen molar-refractivity contribution in [3.8, 4) is 5.75 Å². The summed E-state index contributed by atoms with van der Waals surface area (Å²) in [6.07, 6.45) is 0.285. The molecule has 0 unspecified atom stereocenters. The summed E-state index contributed by atoms with van der Waals surface area (Å²) < 4.78 is 32.0. The van der Waals surface area contributed by atoms with Crippen LogP contribution in [0.25, 0.3) is 0 Å². The maximum atomic E-state index is 14.0. The van der Waals surface area contributed by atoms with E-state index in [9.17, 15) is 8.78 Å². The maximum Gasteiger partial charge on any atom is 0.190 e. The molecule has 0 bridgehead atoms. The Bertz CT molecular complexity index is 584. The molecule has 0 N–H and O–H groups in total. The van der Waals surface area contributed by atoms with Gasteiger partial charge in [0.2, 0.25) is 0 Å². The summed E-state index contributed by atoms with van der Waals surface area (Å²) in [7, 11) is 1.24. The monoisotopic (exact) mass is 284 g/mol. The Labute approximate surface area is 114 Å². The molecule has 0 fully saturated rings. The molecular weight excluding hydrogens is 270 g/mol. The van der Waals surface area contributed by atoms with Crippen LogP contribution in [0.4, 0.5) is 8.78 Å². The Hall–Kier alpha value is -1.56. The lowest BCUT2D eigenvalue weighted by molar-refractivity contribution is 0.358. The highest BCUT2D eigenvalue weighted by molar-refractivity contribution is 7.11. The van der Waals surface area contributed by atoms with Gasteiger partial charge in [0.05, 0.1) is 7.11 Å². The molecule has 0 saturated heterocycles. The van der Waals surface area contributed by atoms with Gasteiger partial charge in [0.25, 0.3) is 0 Å². The highest BCUT2D eigenvalue weighted by atomic mass is 32.1. The number of benzene rings is 1. The molecule has 0 aliphatic carbocycles. The third-order valence-electron chi connectivity index (χ3n) is 2.65. The Balaban J connectivity index is 2.28. The summed E-state index contributed by atoms with van der Waals surface area (Å²) in [6.45, 7) is 4.04. The molecule has 0 saturated carbocycles. The topological polar surface area (TPSA) is 35.0 Å². The van der Waals surface area contributed by atoms with Crippen LogP contribution in [0.3, 0.4) is 0 Å². The fourth-order valence-corrected chi connectivity index (χ4v) is 2.50. The van der Waals surface area contributed by atoms with Crippen LogP contribution in [0.1, 0.15) is 35.3 Å². The molecule has 19 heavy (non-hydrogen) atoms. The minimum absolute atomic E-state index is 0.285. The number of aromatic nitrogens is 2. The maximum absolute atomic E-state index is 14.0. The summed E-state index contributed by atoms with van der Waals surface area (Å²) >= 11 is 1.44. The minimum atomic E-state index is -0.705. The SMILES string of the molecule is COc1c(F)ccc(Cc2nnc(C(C)C)s2)c1F. The van der Waals surface area contributed by atoms with Gasteiger partial charge in [-0.25, -0.2) is 8.78 Å². The second-order valence-corrected chi connectivity index (χ2v) is 5.51. The first-order chi connectivity index (χ1) is 9.02. The fraction of sp³-hybridized carbons (Fsp3) is 0.385. The standard InChI is InChI=1S/C13H14F2N2OS/c1-7(2)13-17-16-10(19-13)6-8-4-5-9(14)12(18-3)11(8)15/h4-5,7H,6H2,1-3H3. The number of rotatable bonds is 4. The average Bonchev–Trinajstić information content (AvgIpc) is 2.82. The van der Waals surface area contributed by atoms with Crippen LogP contribution in [0.15, 0.2) is 12.1 Å². The predicted molar refractivity (Wildman–Crippen MR) is 69.7 cm³/mol. The van der Waals surface area contributed by atoms with Crippen LogP contribution in [-0.4, -0.2) is 17.3 Å². The summed E-state index contributed by atoms with van der Waals surface area (Å²) in [6, 6.07) is 2.60. The lowest BCUT2D eigenvalue weighted by Crippen LogP contribution is -1.99. The van der Waals surface area contributed by atoms with Gasteiger partial charge >= 0.3 is 0 Å². The van der Waals surface area contributed by atoms with Gasteiger partial charge in [-0.05, 0) is 11.6 Å². The largest absolute Gasteiger partial charge is 0.491 e. The highest BCUT2D eigenvalue weighted by Gasteiger charge is 2.16. The summed E-state index contributed by atoms with van der Waals surface area (Å²) in [5, 5.41) is 9.67. The summed E-state index contributed by atoms with van der Waals surface area (Å²) in [5.74, 6) is -1.45. The summed E-state index contributed by atoms with van der Waals surface area (Å²) in [4.78, 5) is 0. The predicted octanol–water partition coefficient (Wildman–Crippen LogP) is 3.54. The van der Waals surface area contributed by atoms with E-state index < -0.39 is 11.6 Å². The van der Waals surface area contributed by atoms with E-state index >= 15 is 0 Å². The normalized spacial score (nSPS) is 11.1. The van der Waals surface area contributed by atoms with Gasteiger partial charge in [-0.2, -0.15) is 0 Å². The second-order valence-electron chi connectivity index (χ2n) is 4.42. The molecule has 2 aromatic rings. The van der Waals surface area contributed by atoms with Gasteiger partial charge in [-0.1, -0.05) is 19.9 Å². The number of nitrogens with zero attached hydrogens (tertiary/aromatic N) is 2. The van der Waals surface area contributed by atoms with Gasteiger partial charge in [0.1, 0.15) is 10.0 Å². The first-order valence-electron chi connectivity index (χ1n) is 5.86. The van der Waals surface area contributed by atoms with Gasteiger partial charge in [0.15, 0.2) is 17.4 Å². The average molecular weight is 284 g/mol.